The number of hydrogen-bond donors (Lipinski definition) is 0. The van der Waals surface area contributed by atoms with Gasteiger partial charge in [-0.1, -0.05) is 19.1 Å². The Morgan fingerprint density at radius 1 is 1.31 bits per heavy atom. The molecule has 4 heteroatoms. The number of esters is 1. The Bertz CT molecular complexity index is 389. The van der Waals surface area contributed by atoms with Crippen LogP contribution < -0.4 is 10.4 Å². The second-order valence-electron chi connectivity index (χ2n) is 4.31. The zero-order chi connectivity index (χ0) is 12.3. The van der Waals surface area contributed by atoms with Gasteiger partial charge >= 0.3 is 5.97 Å². The highest BCUT2D eigenvalue weighted by Gasteiger charge is 2.16. The standard InChI is InChI=1S/C12H18BNO2/c1-13(2)11-8-9(14(3)4)6-7-10(11)12(15)16-5/h6-8H,1-5H3. The fraction of sp³-hybridized carbons (Fsp3) is 0.417. The molecule has 0 bridgehead atoms. The van der Waals surface area contributed by atoms with Crippen LogP contribution in [0.4, 0.5) is 5.69 Å². The van der Waals surface area contributed by atoms with Crippen molar-refractivity contribution in [3.05, 3.63) is 23.8 Å². The molecule has 1 rings (SSSR count). The summed E-state index contributed by atoms with van der Waals surface area (Å²) in [5, 5.41) is 0. The third-order valence-electron chi connectivity index (χ3n) is 2.58. The van der Waals surface area contributed by atoms with E-state index in [1.165, 1.54) is 7.11 Å². The summed E-state index contributed by atoms with van der Waals surface area (Å²) in [4.78, 5) is 13.6. The van der Waals surface area contributed by atoms with Gasteiger partial charge in [0.2, 0.25) is 0 Å². The van der Waals surface area contributed by atoms with Gasteiger partial charge in [-0.25, -0.2) is 4.79 Å². The molecule has 0 aliphatic rings. The Kier molecular flexibility index (Phi) is 3.99. The van der Waals surface area contributed by atoms with Crippen molar-refractivity contribution in [1.29, 1.82) is 0 Å². The molecule has 0 N–H and O–H groups in total. The first-order valence-electron chi connectivity index (χ1n) is 5.37. The second kappa shape index (κ2) is 5.06. The number of methoxy groups -OCH3 is 1. The highest BCUT2D eigenvalue weighted by atomic mass is 16.5. The van der Waals surface area contributed by atoms with Crippen molar-refractivity contribution >= 4 is 23.8 Å². The van der Waals surface area contributed by atoms with Gasteiger partial charge in [-0.15, -0.1) is 0 Å². The largest absolute Gasteiger partial charge is 0.465 e. The van der Waals surface area contributed by atoms with Crippen molar-refractivity contribution in [1.82, 2.24) is 0 Å². The average Bonchev–Trinajstić information content (AvgIpc) is 2.26. The number of anilines is 1. The molecule has 1 aromatic carbocycles. The summed E-state index contributed by atoms with van der Waals surface area (Å²) in [7, 11) is 5.38. The number of nitrogens with zero attached hydrogens (tertiary/aromatic N) is 1. The minimum atomic E-state index is -0.269. The van der Waals surface area contributed by atoms with E-state index in [-0.39, 0.29) is 5.97 Å². The van der Waals surface area contributed by atoms with Gasteiger partial charge in [0.1, 0.15) is 0 Å². The van der Waals surface area contributed by atoms with Crippen molar-refractivity contribution in [2.75, 3.05) is 26.1 Å². The van der Waals surface area contributed by atoms with Crippen molar-refractivity contribution in [2.45, 2.75) is 13.6 Å². The van der Waals surface area contributed by atoms with E-state index in [1.54, 1.807) is 0 Å². The quantitative estimate of drug-likeness (QED) is 0.569. The number of benzene rings is 1. The van der Waals surface area contributed by atoms with Gasteiger partial charge in [-0.2, -0.15) is 0 Å². The molecule has 0 amide bonds. The van der Waals surface area contributed by atoms with E-state index in [4.69, 9.17) is 4.74 Å². The summed E-state index contributed by atoms with van der Waals surface area (Å²) in [6.07, 6.45) is 0. The van der Waals surface area contributed by atoms with Gasteiger partial charge in [-0.05, 0) is 18.2 Å². The van der Waals surface area contributed by atoms with Crippen LogP contribution >= 0.6 is 0 Å². The molecule has 0 atom stereocenters. The molecule has 0 aromatic heterocycles. The number of carbonyl (C=O) groups excluding carboxylic acids is 1. The summed E-state index contributed by atoms with van der Waals surface area (Å²) in [5.74, 6) is -0.269. The van der Waals surface area contributed by atoms with Gasteiger partial charge in [0.15, 0.2) is 6.71 Å². The van der Waals surface area contributed by atoms with E-state index >= 15 is 0 Å². The Labute approximate surface area is 97.5 Å². The molecule has 0 radical (unpaired) electrons. The van der Waals surface area contributed by atoms with E-state index < -0.39 is 0 Å². The zero-order valence-corrected chi connectivity index (χ0v) is 10.6. The molecule has 86 valence electrons. The predicted octanol–water partition coefficient (Wildman–Crippen LogP) is 1.50. The molecule has 0 aliphatic heterocycles. The van der Waals surface area contributed by atoms with E-state index in [1.807, 2.05) is 37.2 Å². The summed E-state index contributed by atoms with van der Waals surface area (Å²) in [5.41, 5.74) is 2.78. The fourth-order valence-electron chi connectivity index (χ4n) is 1.60. The lowest BCUT2D eigenvalue weighted by atomic mass is 9.48. The molecule has 16 heavy (non-hydrogen) atoms. The van der Waals surface area contributed by atoms with Gasteiger partial charge in [0.25, 0.3) is 0 Å². The number of carbonyl (C=O) groups is 1. The van der Waals surface area contributed by atoms with Gasteiger partial charge in [-0.3, -0.25) is 0 Å². The average molecular weight is 219 g/mol. The first kappa shape index (κ1) is 12.6. The first-order valence-corrected chi connectivity index (χ1v) is 5.37. The molecular formula is C12H18BNO2. The van der Waals surface area contributed by atoms with Gasteiger partial charge in [0, 0.05) is 19.8 Å². The summed E-state index contributed by atoms with van der Waals surface area (Å²) in [6.45, 7) is 4.44. The molecule has 0 saturated heterocycles. The Morgan fingerprint density at radius 2 is 1.94 bits per heavy atom. The maximum atomic E-state index is 11.6. The van der Waals surface area contributed by atoms with Crippen LogP contribution in [0.25, 0.3) is 0 Å². The third kappa shape index (κ3) is 2.57. The van der Waals surface area contributed by atoms with Crippen LogP contribution in [0.1, 0.15) is 10.4 Å². The highest BCUT2D eigenvalue weighted by Crippen LogP contribution is 2.12. The fourth-order valence-corrected chi connectivity index (χ4v) is 1.60. The van der Waals surface area contributed by atoms with E-state index in [2.05, 4.69) is 13.6 Å². The minimum absolute atomic E-state index is 0.269. The van der Waals surface area contributed by atoms with Crippen molar-refractivity contribution in [3.63, 3.8) is 0 Å². The van der Waals surface area contributed by atoms with Crippen LogP contribution in [0.2, 0.25) is 13.6 Å². The zero-order valence-electron chi connectivity index (χ0n) is 10.6. The van der Waals surface area contributed by atoms with Crippen molar-refractivity contribution in [3.8, 4) is 0 Å². The SMILES string of the molecule is COC(=O)c1ccc(N(C)C)cc1B(C)C. The summed E-state index contributed by atoms with van der Waals surface area (Å²) in [6, 6.07) is 5.80. The normalized spacial score (nSPS) is 9.81. The maximum absolute atomic E-state index is 11.6. The monoisotopic (exact) mass is 219 g/mol. The van der Waals surface area contributed by atoms with E-state index in [0.29, 0.717) is 12.3 Å². The molecule has 1 aromatic rings. The molecule has 0 fully saturated rings. The van der Waals surface area contributed by atoms with Gasteiger partial charge in [0.05, 0.1) is 12.7 Å². The van der Waals surface area contributed by atoms with Crippen LogP contribution in [0.15, 0.2) is 18.2 Å². The molecule has 0 heterocycles. The van der Waals surface area contributed by atoms with Crippen LogP contribution in [-0.4, -0.2) is 33.9 Å². The van der Waals surface area contributed by atoms with E-state index in [9.17, 15) is 4.79 Å². The number of hydrogen-bond acceptors (Lipinski definition) is 3. The number of rotatable bonds is 3. The summed E-state index contributed by atoms with van der Waals surface area (Å²) >= 11 is 0. The Hall–Kier alpha value is -1.45. The molecule has 0 aliphatic carbocycles. The Balaban J connectivity index is 3.25. The first-order chi connectivity index (χ1) is 7.47. The van der Waals surface area contributed by atoms with Crippen LogP contribution in [-0.2, 0) is 4.74 Å². The lowest BCUT2D eigenvalue weighted by Crippen LogP contribution is -2.30. The van der Waals surface area contributed by atoms with Crippen molar-refractivity contribution < 1.29 is 9.53 Å². The molecule has 3 nitrogen and oxygen atoms in total. The smallest absolute Gasteiger partial charge is 0.337 e. The lowest BCUT2D eigenvalue weighted by molar-refractivity contribution is 0.0602. The van der Waals surface area contributed by atoms with Crippen molar-refractivity contribution in [2.24, 2.45) is 0 Å². The van der Waals surface area contributed by atoms with Gasteiger partial charge < -0.3 is 9.64 Å². The maximum Gasteiger partial charge on any atom is 0.337 e. The van der Waals surface area contributed by atoms with E-state index in [0.717, 1.165) is 11.2 Å². The summed E-state index contributed by atoms with van der Waals surface area (Å²) < 4.78 is 4.77. The Morgan fingerprint density at radius 3 is 2.38 bits per heavy atom. The number of ether oxygens (including phenoxy) is 1. The topological polar surface area (TPSA) is 29.5 Å². The molecule has 0 saturated carbocycles. The second-order valence-corrected chi connectivity index (χ2v) is 4.31. The van der Waals surface area contributed by atoms with Crippen LogP contribution in [0.5, 0.6) is 0 Å². The molecular weight excluding hydrogens is 201 g/mol. The molecule has 0 unspecified atom stereocenters. The third-order valence-corrected chi connectivity index (χ3v) is 2.58. The molecule has 0 spiro atoms. The minimum Gasteiger partial charge on any atom is -0.465 e. The predicted molar refractivity (Wildman–Crippen MR) is 69.2 cm³/mol. The lowest BCUT2D eigenvalue weighted by Gasteiger charge is -2.17. The highest BCUT2D eigenvalue weighted by molar-refractivity contribution is 6.72. The van der Waals surface area contributed by atoms with Crippen LogP contribution in [0.3, 0.4) is 0 Å². The van der Waals surface area contributed by atoms with Crippen LogP contribution in [0, 0.1) is 0 Å².